The fraction of sp³-hybridized carbons (Fsp3) is 0.409. The smallest absolute Gasteiger partial charge is 0.317 e. The standard InChI is InChI=1S/C22H26O8/c1-5-9-29-20(25)18-15(24)12-22(3,27)19(21(26)30-10-6-2)17(18)13-7-8-14(23)16(11-13)28-4/h5-8,11,17-19,23,27H,1-2,9-10,12H2,3-4H3. The molecule has 0 aliphatic heterocycles. The Morgan fingerprint density at radius 1 is 1.20 bits per heavy atom. The Kier molecular flexibility index (Phi) is 7.39. The number of ketones is 1. The second-order valence-electron chi connectivity index (χ2n) is 7.25. The number of phenolic OH excluding ortho intramolecular Hbond substituents is 1. The molecule has 162 valence electrons. The Balaban J connectivity index is 2.64. The first-order valence-corrected chi connectivity index (χ1v) is 9.35. The van der Waals surface area contributed by atoms with Crippen LogP contribution in [-0.2, 0) is 23.9 Å². The molecule has 0 aromatic heterocycles. The molecule has 1 aliphatic carbocycles. The zero-order valence-electron chi connectivity index (χ0n) is 17.0. The molecule has 0 radical (unpaired) electrons. The molecule has 0 amide bonds. The van der Waals surface area contributed by atoms with Crippen molar-refractivity contribution >= 4 is 17.7 Å². The molecule has 0 saturated heterocycles. The van der Waals surface area contributed by atoms with Crippen molar-refractivity contribution < 1.29 is 38.8 Å². The van der Waals surface area contributed by atoms with Crippen molar-refractivity contribution in [1.29, 1.82) is 0 Å². The van der Waals surface area contributed by atoms with Crippen molar-refractivity contribution in [2.75, 3.05) is 20.3 Å². The highest BCUT2D eigenvalue weighted by Gasteiger charge is 2.57. The Bertz CT molecular complexity index is 842. The van der Waals surface area contributed by atoms with Gasteiger partial charge in [-0.15, -0.1) is 0 Å². The maximum Gasteiger partial charge on any atom is 0.317 e. The summed E-state index contributed by atoms with van der Waals surface area (Å²) < 4.78 is 15.4. The number of hydrogen-bond donors (Lipinski definition) is 2. The number of esters is 2. The first-order chi connectivity index (χ1) is 14.2. The lowest BCUT2D eigenvalue weighted by Gasteiger charge is -2.43. The van der Waals surface area contributed by atoms with E-state index in [4.69, 9.17) is 14.2 Å². The average Bonchev–Trinajstić information content (AvgIpc) is 2.69. The molecular weight excluding hydrogens is 392 g/mol. The molecule has 2 N–H and O–H groups in total. The van der Waals surface area contributed by atoms with E-state index < -0.39 is 47.5 Å². The number of Topliss-reactive ketones (excluding diaryl/α,β-unsaturated/α-hetero) is 1. The monoisotopic (exact) mass is 418 g/mol. The average molecular weight is 418 g/mol. The number of carbonyl (C=O) groups is 3. The van der Waals surface area contributed by atoms with Gasteiger partial charge in [-0.1, -0.05) is 31.4 Å². The van der Waals surface area contributed by atoms with Gasteiger partial charge in [-0.25, -0.2) is 0 Å². The van der Waals surface area contributed by atoms with E-state index in [2.05, 4.69) is 13.2 Å². The molecule has 2 rings (SSSR count). The van der Waals surface area contributed by atoms with Gasteiger partial charge in [-0.05, 0) is 24.6 Å². The lowest BCUT2D eigenvalue weighted by Crippen LogP contribution is -2.55. The summed E-state index contributed by atoms with van der Waals surface area (Å²) in [5.74, 6) is -6.00. The van der Waals surface area contributed by atoms with E-state index >= 15 is 0 Å². The maximum atomic E-state index is 12.9. The number of aliphatic hydroxyl groups is 1. The molecule has 30 heavy (non-hydrogen) atoms. The van der Waals surface area contributed by atoms with Crippen LogP contribution in [-0.4, -0.2) is 53.9 Å². The molecule has 0 heterocycles. The summed E-state index contributed by atoms with van der Waals surface area (Å²) in [7, 11) is 1.34. The molecule has 1 aromatic rings. The van der Waals surface area contributed by atoms with Gasteiger partial charge in [0.05, 0.1) is 18.6 Å². The van der Waals surface area contributed by atoms with Crippen LogP contribution in [0.2, 0.25) is 0 Å². The molecule has 1 aliphatic rings. The van der Waals surface area contributed by atoms with E-state index in [-0.39, 0.29) is 24.7 Å². The van der Waals surface area contributed by atoms with Crippen LogP contribution < -0.4 is 4.74 Å². The number of carbonyl (C=O) groups excluding carboxylic acids is 3. The highest BCUT2D eigenvalue weighted by atomic mass is 16.5. The normalized spacial score (nSPS) is 25.8. The van der Waals surface area contributed by atoms with Crippen LogP contribution in [0.1, 0.15) is 24.8 Å². The number of phenols is 1. The van der Waals surface area contributed by atoms with Gasteiger partial charge in [-0.3, -0.25) is 14.4 Å². The van der Waals surface area contributed by atoms with Crippen LogP contribution in [0.4, 0.5) is 0 Å². The van der Waals surface area contributed by atoms with Gasteiger partial charge in [-0.2, -0.15) is 0 Å². The topological polar surface area (TPSA) is 119 Å². The number of benzene rings is 1. The Morgan fingerprint density at radius 3 is 2.37 bits per heavy atom. The minimum atomic E-state index is -1.78. The molecule has 0 spiro atoms. The fourth-order valence-corrected chi connectivity index (χ4v) is 3.78. The largest absolute Gasteiger partial charge is 0.504 e. The SMILES string of the molecule is C=CCOC(=O)C1C(=O)CC(C)(O)C(C(=O)OCC=C)C1c1ccc(O)c(OC)c1. The number of ether oxygens (including phenoxy) is 3. The van der Waals surface area contributed by atoms with E-state index in [1.165, 1.54) is 44.4 Å². The first-order valence-electron chi connectivity index (χ1n) is 9.35. The second-order valence-corrected chi connectivity index (χ2v) is 7.25. The fourth-order valence-electron chi connectivity index (χ4n) is 3.78. The third-order valence-corrected chi connectivity index (χ3v) is 5.05. The van der Waals surface area contributed by atoms with E-state index in [9.17, 15) is 24.6 Å². The van der Waals surface area contributed by atoms with Crippen LogP contribution >= 0.6 is 0 Å². The van der Waals surface area contributed by atoms with Gasteiger partial charge < -0.3 is 24.4 Å². The summed E-state index contributed by atoms with van der Waals surface area (Å²) in [6, 6.07) is 4.19. The summed E-state index contributed by atoms with van der Waals surface area (Å²) in [6.45, 7) is 8.10. The zero-order chi connectivity index (χ0) is 22.5. The summed E-state index contributed by atoms with van der Waals surface area (Å²) >= 11 is 0. The van der Waals surface area contributed by atoms with Crippen molar-refractivity contribution in [3.63, 3.8) is 0 Å². The van der Waals surface area contributed by atoms with Crippen molar-refractivity contribution in [3.05, 3.63) is 49.1 Å². The Labute approximate surface area is 174 Å². The van der Waals surface area contributed by atoms with Crippen molar-refractivity contribution in [3.8, 4) is 11.5 Å². The van der Waals surface area contributed by atoms with Gasteiger partial charge in [0, 0.05) is 12.3 Å². The van der Waals surface area contributed by atoms with Gasteiger partial charge >= 0.3 is 11.9 Å². The summed E-state index contributed by atoms with van der Waals surface area (Å²) in [5, 5.41) is 20.9. The van der Waals surface area contributed by atoms with Gasteiger partial charge in [0.2, 0.25) is 0 Å². The molecular formula is C22H26O8. The van der Waals surface area contributed by atoms with E-state index in [1.807, 2.05) is 0 Å². The molecule has 0 bridgehead atoms. The third-order valence-electron chi connectivity index (χ3n) is 5.05. The molecule has 4 atom stereocenters. The van der Waals surface area contributed by atoms with E-state index in [1.54, 1.807) is 0 Å². The molecule has 4 unspecified atom stereocenters. The molecule has 1 saturated carbocycles. The Hall–Kier alpha value is -3.13. The van der Waals surface area contributed by atoms with E-state index in [0.29, 0.717) is 5.56 Å². The van der Waals surface area contributed by atoms with E-state index in [0.717, 1.165) is 0 Å². The quantitative estimate of drug-likeness (QED) is 0.373. The lowest BCUT2D eigenvalue weighted by molar-refractivity contribution is -0.172. The summed E-state index contributed by atoms with van der Waals surface area (Å²) in [4.78, 5) is 38.5. The molecule has 1 aromatic carbocycles. The van der Waals surface area contributed by atoms with Crippen molar-refractivity contribution in [2.24, 2.45) is 11.8 Å². The number of rotatable bonds is 8. The molecule has 8 heteroatoms. The van der Waals surface area contributed by atoms with Gasteiger partial charge in [0.15, 0.2) is 17.3 Å². The van der Waals surface area contributed by atoms with Crippen LogP contribution in [0.5, 0.6) is 11.5 Å². The van der Waals surface area contributed by atoms with Gasteiger partial charge in [0.1, 0.15) is 19.1 Å². The number of hydrogen-bond acceptors (Lipinski definition) is 8. The number of aromatic hydroxyl groups is 1. The second kappa shape index (κ2) is 9.58. The Morgan fingerprint density at radius 2 is 1.80 bits per heavy atom. The van der Waals surface area contributed by atoms with Crippen molar-refractivity contribution in [2.45, 2.75) is 24.9 Å². The summed E-state index contributed by atoms with van der Waals surface area (Å²) in [5.41, 5.74) is -1.44. The maximum absolute atomic E-state index is 12.9. The van der Waals surface area contributed by atoms with Gasteiger partial charge in [0.25, 0.3) is 0 Å². The van der Waals surface area contributed by atoms with Crippen LogP contribution in [0.25, 0.3) is 0 Å². The van der Waals surface area contributed by atoms with Crippen LogP contribution in [0.15, 0.2) is 43.5 Å². The van der Waals surface area contributed by atoms with Crippen LogP contribution in [0, 0.1) is 11.8 Å². The minimum absolute atomic E-state index is 0.0848. The predicted molar refractivity (Wildman–Crippen MR) is 107 cm³/mol. The molecule has 1 fully saturated rings. The van der Waals surface area contributed by atoms with Crippen molar-refractivity contribution in [1.82, 2.24) is 0 Å². The predicted octanol–water partition coefficient (Wildman–Crippen LogP) is 1.90. The highest BCUT2D eigenvalue weighted by Crippen LogP contribution is 2.48. The highest BCUT2D eigenvalue weighted by molar-refractivity contribution is 6.02. The molecule has 8 nitrogen and oxygen atoms in total. The van der Waals surface area contributed by atoms with Crippen LogP contribution in [0.3, 0.4) is 0 Å². The first kappa shape index (κ1) is 23.2. The lowest BCUT2D eigenvalue weighted by atomic mass is 9.61. The third kappa shape index (κ3) is 4.71. The minimum Gasteiger partial charge on any atom is -0.504 e. The number of methoxy groups -OCH3 is 1. The summed E-state index contributed by atoms with van der Waals surface area (Å²) in [6.07, 6.45) is 2.30. The zero-order valence-corrected chi connectivity index (χ0v) is 17.0.